The van der Waals surface area contributed by atoms with E-state index in [1.54, 1.807) is 11.8 Å². The van der Waals surface area contributed by atoms with E-state index in [0.717, 1.165) is 5.69 Å². The Labute approximate surface area is 95.4 Å². The van der Waals surface area contributed by atoms with E-state index in [4.69, 9.17) is 4.84 Å². The van der Waals surface area contributed by atoms with Crippen LogP contribution in [0.5, 0.6) is 0 Å². The summed E-state index contributed by atoms with van der Waals surface area (Å²) in [7, 11) is 1.65. The zero-order valence-electron chi connectivity index (χ0n) is 9.21. The molecule has 80 valence electrons. The summed E-state index contributed by atoms with van der Waals surface area (Å²) < 4.78 is 1.72. The molecule has 1 aromatic carbocycles. The first-order valence-electron chi connectivity index (χ1n) is 5.18. The van der Waals surface area contributed by atoms with Gasteiger partial charge >= 0.3 is 0 Å². The van der Waals surface area contributed by atoms with Crippen molar-refractivity contribution in [1.82, 2.24) is 0 Å². The minimum Gasteiger partial charge on any atom is -0.274 e. The standard InChI is InChI=1S/C14H14NO/c1-16-15-12-6-5-9-14(15)11-10-13-7-3-2-4-8-13/h2-12H,1H3/q+1. The van der Waals surface area contributed by atoms with Crippen LogP contribution in [-0.2, 0) is 0 Å². The molecule has 0 aliphatic heterocycles. The van der Waals surface area contributed by atoms with Crippen molar-refractivity contribution in [2.75, 3.05) is 7.11 Å². The normalized spacial score (nSPS) is 10.6. The Kier molecular flexibility index (Phi) is 3.34. The van der Waals surface area contributed by atoms with Gasteiger partial charge in [0, 0.05) is 22.9 Å². The number of pyridine rings is 1. The molecule has 0 saturated carbocycles. The molecule has 0 atom stereocenters. The predicted molar refractivity (Wildman–Crippen MR) is 64.5 cm³/mol. The van der Waals surface area contributed by atoms with Crippen LogP contribution in [-0.4, -0.2) is 7.11 Å². The zero-order chi connectivity index (χ0) is 11.2. The molecular weight excluding hydrogens is 198 g/mol. The first-order chi connectivity index (χ1) is 7.90. The summed E-state index contributed by atoms with van der Waals surface area (Å²) in [5.74, 6) is 0. The van der Waals surface area contributed by atoms with E-state index in [1.807, 2.05) is 48.7 Å². The van der Waals surface area contributed by atoms with Gasteiger partial charge in [-0.3, -0.25) is 4.84 Å². The molecule has 2 aromatic rings. The number of rotatable bonds is 3. The topological polar surface area (TPSA) is 13.1 Å². The van der Waals surface area contributed by atoms with Gasteiger partial charge in [0.05, 0.1) is 0 Å². The molecule has 2 heteroatoms. The molecule has 0 unspecified atom stereocenters. The number of hydrogen-bond donors (Lipinski definition) is 0. The SMILES string of the molecule is CO[n+]1ccccc1C=Cc1ccccc1. The summed E-state index contributed by atoms with van der Waals surface area (Å²) in [5, 5.41) is 0. The summed E-state index contributed by atoms with van der Waals surface area (Å²) in [4.78, 5) is 5.20. The second kappa shape index (κ2) is 5.12. The van der Waals surface area contributed by atoms with Crippen molar-refractivity contribution in [3.63, 3.8) is 0 Å². The molecule has 0 amide bonds. The van der Waals surface area contributed by atoms with Crippen molar-refractivity contribution in [3.05, 3.63) is 66.0 Å². The lowest BCUT2D eigenvalue weighted by molar-refractivity contribution is -0.886. The summed E-state index contributed by atoms with van der Waals surface area (Å²) in [6.45, 7) is 0. The van der Waals surface area contributed by atoms with Gasteiger partial charge in [-0.25, -0.2) is 0 Å². The molecule has 0 N–H and O–H groups in total. The van der Waals surface area contributed by atoms with Crippen molar-refractivity contribution in [2.24, 2.45) is 0 Å². The quantitative estimate of drug-likeness (QED) is 0.711. The Morgan fingerprint density at radius 3 is 2.44 bits per heavy atom. The third-order valence-electron chi connectivity index (χ3n) is 2.30. The Morgan fingerprint density at radius 2 is 1.69 bits per heavy atom. The van der Waals surface area contributed by atoms with Crippen LogP contribution in [0.25, 0.3) is 12.2 Å². The number of benzene rings is 1. The fourth-order valence-electron chi connectivity index (χ4n) is 1.48. The summed E-state index contributed by atoms with van der Waals surface area (Å²) in [6.07, 6.45) is 5.97. The van der Waals surface area contributed by atoms with E-state index in [2.05, 4.69) is 18.2 Å². The van der Waals surface area contributed by atoms with Gasteiger partial charge in [0.25, 0.3) is 5.69 Å². The number of hydrogen-bond acceptors (Lipinski definition) is 1. The maximum absolute atomic E-state index is 5.20. The molecule has 1 heterocycles. The maximum Gasteiger partial charge on any atom is 0.257 e. The van der Waals surface area contributed by atoms with Gasteiger partial charge in [0.2, 0.25) is 6.20 Å². The van der Waals surface area contributed by atoms with Gasteiger partial charge in [0.1, 0.15) is 7.11 Å². The first kappa shape index (κ1) is 10.4. The lowest BCUT2D eigenvalue weighted by Gasteiger charge is -1.94. The van der Waals surface area contributed by atoms with E-state index >= 15 is 0 Å². The minimum absolute atomic E-state index is 1.01. The van der Waals surface area contributed by atoms with Crippen LogP contribution >= 0.6 is 0 Å². The fraction of sp³-hybridized carbons (Fsp3) is 0.0714. The van der Waals surface area contributed by atoms with Crippen molar-refractivity contribution in [1.29, 1.82) is 0 Å². The zero-order valence-corrected chi connectivity index (χ0v) is 9.21. The highest BCUT2D eigenvalue weighted by molar-refractivity contribution is 5.66. The van der Waals surface area contributed by atoms with E-state index in [0.29, 0.717) is 0 Å². The lowest BCUT2D eigenvalue weighted by Crippen LogP contribution is -2.42. The van der Waals surface area contributed by atoms with Crippen molar-refractivity contribution in [2.45, 2.75) is 0 Å². The number of aromatic nitrogens is 1. The van der Waals surface area contributed by atoms with Crippen LogP contribution in [0.1, 0.15) is 11.3 Å². The number of nitrogens with zero attached hydrogens (tertiary/aromatic N) is 1. The van der Waals surface area contributed by atoms with Crippen LogP contribution in [0.2, 0.25) is 0 Å². The largest absolute Gasteiger partial charge is 0.274 e. The molecule has 0 aliphatic carbocycles. The molecule has 2 rings (SSSR count). The highest BCUT2D eigenvalue weighted by atomic mass is 16.6. The minimum atomic E-state index is 1.01. The molecule has 0 saturated heterocycles. The molecule has 1 aromatic heterocycles. The van der Waals surface area contributed by atoms with E-state index in [9.17, 15) is 0 Å². The molecule has 16 heavy (non-hydrogen) atoms. The third kappa shape index (κ3) is 2.48. The van der Waals surface area contributed by atoms with Gasteiger partial charge in [-0.1, -0.05) is 30.3 Å². The summed E-state index contributed by atoms with van der Waals surface area (Å²) >= 11 is 0. The van der Waals surface area contributed by atoms with Crippen LogP contribution < -0.4 is 9.57 Å². The van der Waals surface area contributed by atoms with Crippen LogP contribution in [0.4, 0.5) is 0 Å². The highest BCUT2D eigenvalue weighted by Crippen LogP contribution is 2.04. The summed E-state index contributed by atoms with van der Waals surface area (Å²) in [6, 6.07) is 16.1. The second-order valence-corrected chi connectivity index (χ2v) is 3.38. The Bertz CT molecular complexity index is 477. The van der Waals surface area contributed by atoms with Crippen LogP contribution in [0.3, 0.4) is 0 Å². The van der Waals surface area contributed by atoms with Gasteiger partial charge in [0.15, 0.2) is 0 Å². The lowest BCUT2D eigenvalue weighted by atomic mass is 10.2. The second-order valence-electron chi connectivity index (χ2n) is 3.38. The van der Waals surface area contributed by atoms with Gasteiger partial charge < -0.3 is 0 Å². The van der Waals surface area contributed by atoms with E-state index in [1.165, 1.54) is 5.56 Å². The first-order valence-corrected chi connectivity index (χ1v) is 5.18. The maximum atomic E-state index is 5.20. The molecule has 0 bridgehead atoms. The molecule has 2 nitrogen and oxygen atoms in total. The predicted octanol–water partition coefficient (Wildman–Crippen LogP) is 2.20. The van der Waals surface area contributed by atoms with Gasteiger partial charge in [-0.15, -0.1) is 0 Å². The molecule has 0 spiro atoms. The van der Waals surface area contributed by atoms with Gasteiger partial charge in [-0.2, -0.15) is 0 Å². The van der Waals surface area contributed by atoms with E-state index in [-0.39, 0.29) is 0 Å². The Hall–Kier alpha value is -2.09. The summed E-state index contributed by atoms with van der Waals surface area (Å²) in [5.41, 5.74) is 2.18. The van der Waals surface area contributed by atoms with Crippen LogP contribution in [0.15, 0.2) is 54.7 Å². The Morgan fingerprint density at radius 1 is 0.938 bits per heavy atom. The Balaban J connectivity index is 2.24. The van der Waals surface area contributed by atoms with Crippen molar-refractivity contribution < 1.29 is 9.57 Å². The van der Waals surface area contributed by atoms with E-state index < -0.39 is 0 Å². The van der Waals surface area contributed by atoms with Crippen molar-refractivity contribution >= 4 is 12.2 Å². The fourth-order valence-corrected chi connectivity index (χ4v) is 1.48. The molecular formula is C14H14NO+. The highest BCUT2D eigenvalue weighted by Gasteiger charge is 2.04. The van der Waals surface area contributed by atoms with Gasteiger partial charge in [-0.05, 0) is 17.7 Å². The third-order valence-corrected chi connectivity index (χ3v) is 2.30. The monoisotopic (exact) mass is 212 g/mol. The average Bonchev–Trinajstić information content (AvgIpc) is 2.38. The average molecular weight is 212 g/mol. The molecule has 0 fully saturated rings. The van der Waals surface area contributed by atoms with Crippen LogP contribution in [0, 0.1) is 0 Å². The molecule has 0 aliphatic rings. The van der Waals surface area contributed by atoms with Crippen molar-refractivity contribution in [3.8, 4) is 0 Å². The smallest absolute Gasteiger partial charge is 0.257 e. The molecule has 0 radical (unpaired) electrons.